The van der Waals surface area contributed by atoms with Gasteiger partial charge in [-0.15, -0.1) is 12.4 Å². The van der Waals surface area contributed by atoms with Crippen molar-refractivity contribution in [3.8, 4) is 0 Å². The molecule has 2 N–H and O–H groups in total. The molecule has 0 spiro atoms. The van der Waals surface area contributed by atoms with Gasteiger partial charge in [0.2, 0.25) is 5.91 Å². The van der Waals surface area contributed by atoms with E-state index in [1.54, 1.807) is 12.1 Å². The maximum absolute atomic E-state index is 13.4. The Morgan fingerprint density at radius 1 is 1.45 bits per heavy atom. The molecule has 1 aromatic carbocycles. The highest BCUT2D eigenvalue weighted by molar-refractivity contribution is 5.86. The SMILES string of the molecule is CCC1(C(=O)NCCc2ccccc2F)CCCN1.Cl. The molecule has 1 aliphatic heterocycles. The third kappa shape index (κ3) is 3.70. The molecular formula is C15H22ClFN2O. The smallest absolute Gasteiger partial charge is 0.240 e. The fraction of sp³-hybridized carbons (Fsp3) is 0.533. The second kappa shape index (κ2) is 7.60. The number of halogens is 2. The number of hydrogen-bond acceptors (Lipinski definition) is 2. The van der Waals surface area contributed by atoms with Crippen LogP contribution in [0.25, 0.3) is 0 Å². The summed E-state index contributed by atoms with van der Waals surface area (Å²) in [4.78, 5) is 12.2. The van der Waals surface area contributed by atoms with Crippen LogP contribution in [0, 0.1) is 5.82 Å². The van der Waals surface area contributed by atoms with Crippen LogP contribution in [0.15, 0.2) is 24.3 Å². The lowest BCUT2D eigenvalue weighted by molar-refractivity contribution is -0.127. The van der Waals surface area contributed by atoms with Crippen LogP contribution in [0.3, 0.4) is 0 Å². The van der Waals surface area contributed by atoms with E-state index in [-0.39, 0.29) is 24.1 Å². The maximum Gasteiger partial charge on any atom is 0.240 e. The molecule has 0 saturated carbocycles. The average molecular weight is 301 g/mol. The zero-order valence-corrected chi connectivity index (χ0v) is 12.6. The Morgan fingerprint density at radius 3 is 2.80 bits per heavy atom. The van der Waals surface area contributed by atoms with Gasteiger partial charge in [-0.1, -0.05) is 25.1 Å². The fourth-order valence-electron chi connectivity index (χ4n) is 2.64. The first kappa shape index (κ1) is 16.9. The second-order valence-electron chi connectivity index (χ2n) is 5.06. The summed E-state index contributed by atoms with van der Waals surface area (Å²) in [6.45, 7) is 3.40. The summed E-state index contributed by atoms with van der Waals surface area (Å²) in [5.74, 6) is -0.162. The number of nitrogens with one attached hydrogen (secondary N) is 2. The summed E-state index contributed by atoms with van der Waals surface area (Å²) in [6.07, 6.45) is 3.24. The van der Waals surface area contributed by atoms with Gasteiger partial charge in [0.15, 0.2) is 0 Å². The molecule has 112 valence electrons. The summed E-state index contributed by atoms with van der Waals surface area (Å²) in [5.41, 5.74) is 0.239. The van der Waals surface area contributed by atoms with Crippen molar-refractivity contribution in [3.05, 3.63) is 35.6 Å². The molecular weight excluding hydrogens is 279 g/mol. The van der Waals surface area contributed by atoms with E-state index in [2.05, 4.69) is 10.6 Å². The van der Waals surface area contributed by atoms with Crippen LogP contribution < -0.4 is 10.6 Å². The minimum Gasteiger partial charge on any atom is -0.354 e. The van der Waals surface area contributed by atoms with Gasteiger partial charge < -0.3 is 10.6 Å². The Bertz CT molecular complexity index is 447. The Balaban J connectivity index is 0.00000200. The van der Waals surface area contributed by atoms with Crippen molar-refractivity contribution in [2.24, 2.45) is 0 Å². The van der Waals surface area contributed by atoms with Gasteiger partial charge in [-0.25, -0.2) is 4.39 Å². The predicted octanol–water partition coefficient (Wildman–Crippen LogP) is 2.44. The van der Waals surface area contributed by atoms with Gasteiger partial charge in [0.25, 0.3) is 0 Å². The van der Waals surface area contributed by atoms with E-state index >= 15 is 0 Å². The molecule has 5 heteroatoms. The monoisotopic (exact) mass is 300 g/mol. The van der Waals surface area contributed by atoms with Gasteiger partial charge in [0.1, 0.15) is 5.82 Å². The first-order valence-corrected chi connectivity index (χ1v) is 6.95. The molecule has 1 amide bonds. The molecule has 0 bridgehead atoms. The van der Waals surface area contributed by atoms with E-state index in [1.165, 1.54) is 6.07 Å². The summed E-state index contributed by atoms with van der Waals surface area (Å²) in [5, 5.41) is 6.22. The molecule has 1 aliphatic rings. The van der Waals surface area contributed by atoms with Crippen molar-refractivity contribution in [2.45, 2.75) is 38.1 Å². The zero-order chi connectivity index (χ0) is 13.7. The topological polar surface area (TPSA) is 41.1 Å². The molecule has 3 nitrogen and oxygen atoms in total. The van der Waals surface area contributed by atoms with E-state index in [0.29, 0.717) is 18.5 Å². The van der Waals surface area contributed by atoms with Crippen LogP contribution in [0.4, 0.5) is 4.39 Å². The Hall–Kier alpha value is -1.13. The fourth-order valence-corrected chi connectivity index (χ4v) is 2.64. The van der Waals surface area contributed by atoms with Crippen LogP contribution in [0.5, 0.6) is 0 Å². The number of carbonyl (C=O) groups excluding carboxylic acids is 1. The molecule has 2 rings (SSSR count). The third-order valence-corrected chi connectivity index (χ3v) is 3.92. The number of benzene rings is 1. The maximum atomic E-state index is 13.4. The van der Waals surface area contributed by atoms with Crippen LogP contribution in [-0.4, -0.2) is 24.5 Å². The molecule has 1 heterocycles. The van der Waals surface area contributed by atoms with E-state index in [0.717, 1.165) is 25.8 Å². The number of rotatable bonds is 5. The predicted molar refractivity (Wildman–Crippen MR) is 80.6 cm³/mol. The summed E-state index contributed by atoms with van der Waals surface area (Å²) >= 11 is 0. The largest absolute Gasteiger partial charge is 0.354 e. The van der Waals surface area contributed by atoms with E-state index < -0.39 is 5.54 Å². The summed E-state index contributed by atoms with van der Waals surface area (Å²) < 4.78 is 13.4. The van der Waals surface area contributed by atoms with E-state index in [1.807, 2.05) is 13.0 Å². The number of carbonyl (C=O) groups is 1. The van der Waals surface area contributed by atoms with Gasteiger partial charge >= 0.3 is 0 Å². The highest BCUT2D eigenvalue weighted by Gasteiger charge is 2.38. The third-order valence-electron chi connectivity index (χ3n) is 3.92. The standard InChI is InChI=1S/C15H21FN2O.ClH/c1-2-15(9-5-10-18-15)14(19)17-11-8-12-6-3-4-7-13(12)16;/h3-4,6-7,18H,2,5,8-11H2,1H3,(H,17,19);1H. The number of hydrogen-bond donors (Lipinski definition) is 2. The van der Waals surface area contributed by atoms with Crippen LogP contribution >= 0.6 is 12.4 Å². The van der Waals surface area contributed by atoms with Crippen LogP contribution in [-0.2, 0) is 11.2 Å². The van der Waals surface area contributed by atoms with Crippen molar-refractivity contribution >= 4 is 18.3 Å². The van der Waals surface area contributed by atoms with Gasteiger partial charge in [0.05, 0.1) is 5.54 Å². The molecule has 0 aliphatic carbocycles. The second-order valence-corrected chi connectivity index (χ2v) is 5.06. The minimum atomic E-state index is -0.408. The van der Waals surface area contributed by atoms with Gasteiger partial charge in [-0.05, 0) is 43.9 Å². The van der Waals surface area contributed by atoms with Crippen molar-refractivity contribution in [2.75, 3.05) is 13.1 Å². The first-order chi connectivity index (χ1) is 9.18. The lowest BCUT2D eigenvalue weighted by atomic mass is 9.93. The minimum absolute atomic E-state index is 0. The Labute approximate surface area is 125 Å². The normalized spacial score (nSPS) is 21.3. The lowest BCUT2D eigenvalue weighted by Crippen LogP contribution is -2.53. The molecule has 1 saturated heterocycles. The molecule has 1 unspecified atom stereocenters. The quantitative estimate of drug-likeness (QED) is 0.877. The summed E-state index contributed by atoms with van der Waals surface area (Å²) in [6, 6.07) is 6.69. The van der Waals surface area contributed by atoms with E-state index in [9.17, 15) is 9.18 Å². The molecule has 1 fully saturated rings. The lowest BCUT2D eigenvalue weighted by Gasteiger charge is -2.26. The van der Waals surface area contributed by atoms with E-state index in [4.69, 9.17) is 0 Å². The average Bonchev–Trinajstić information content (AvgIpc) is 2.91. The summed E-state index contributed by atoms with van der Waals surface area (Å²) in [7, 11) is 0. The Kier molecular flexibility index (Phi) is 6.43. The van der Waals surface area contributed by atoms with Gasteiger partial charge in [0, 0.05) is 6.54 Å². The molecule has 1 aromatic rings. The van der Waals surface area contributed by atoms with Gasteiger partial charge in [-0.2, -0.15) is 0 Å². The zero-order valence-electron chi connectivity index (χ0n) is 11.7. The van der Waals surface area contributed by atoms with Crippen molar-refractivity contribution in [1.29, 1.82) is 0 Å². The molecule has 0 radical (unpaired) electrons. The highest BCUT2D eigenvalue weighted by atomic mass is 35.5. The molecule has 1 atom stereocenters. The van der Waals surface area contributed by atoms with Gasteiger partial charge in [-0.3, -0.25) is 4.79 Å². The highest BCUT2D eigenvalue weighted by Crippen LogP contribution is 2.22. The Morgan fingerprint density at radius 2 is 2.20 bits per heavy atom. The van der Waals surface area contributed by atoms with Crippen molar-refractivity contribution in [3.63, 3.8) is 0 Å². The first-order valence-electron chi connectivity index (χ1n) is 6.95. The van der Waals surface area contributed by atoms with Crippen molar-refractivity contribution in [1.82, 2.24) is 10.6 Å². The molecule has 0 aromatic heterocycles. The number of amides is 1. The van der Waals surface area contributed by atoms with Crippen molar-refractivity contribution < 1.29 is 9.18 Å². The molecule has 20 heavy (non-hydrogen) atoms. The van der Waals surface area contributed by atoms with Crippen LogP contribution in [0.1, 0.15) is 31.7 Å². The van der Waals surface area contributed by atoms with Crippen LogP contribution in [0.2, 0.25) is 0 Å².